The first-order valence-corrected chi connectivity index (χ1v) is 9.80. The van der Waals surface area contributed by atoms with Crippen LogP contribution in [0.1, 0.15) is 23.1 Å². The minimum absolute atomic E-state index is 0.0844. The maximum atomic E-state index is 12.8. The molecule has 2 aromatic carbocycles. The van der Waals surface area contributed by atoms with E-state index in [1.807, 2.05) is 38.1 Å². The predicted molar refractivity (Wildman–Crippen MR) is 97.6 cm³/mol. The van der Waals surface area contributed by atoms with Gasteiger partial charge >= 0.3 is 0 Å². The smallest absolute Gasteiger partial charge is 0.243 e. The molecule has 0 saturated carbocycles. The third-order valence-corrected chi connectivity index (χ3v) is 6.91. The van der Waals surface area contributed by atoms with Crippen LogP contribution in [0.5, 0.6) is 0 Å². The maximum Gasteiger partial charge on any atom is 0.243 e. The third kappa shape index (κ3) is 3.22. The van der Waals surface area contributed by atoms with Crippen molar-refractivity contribution in [3.8, 4) is 0 Å². The van der Waals surface area contributed by atoms with E-state index in [1.54, 1.807) is 24.3 Å². The van der Waals surface area contributed by atoms with E-state index in [-0.39, 0.29) is 24.4 Å². The van der Waals surface area contributed by atoms with Gasteiger partial charge in [-0.05, 0) is 43.5 Å². The third-order valence-electron chi connectivity index (χ3n) is 5.03. The van der Waals surface area contributed by atoms with Gasteiger partial charge in [0, 0.05) is 13.1 Å². The summed E-state index contributed by atoms with van der Waals surface area (Å²) in [5.74, 6) is 0. The molecular formula is C19H24N2O3S. The van der Waals surface area contributed by atoms with Crippen LogP contribution in [0, 0.1) is 13.8 Å². The Bertz CT molecular complexity index is 864. The summed E-state index contributed by atoms with van der Waals surface area (Å²) in [5, 5.41) is 11.1. The molecule has 0 bridgehead atoms. The Hall–Kier alpha value is -1.73. The molecule has 5 nitrogen and oxygen atoms in total. The van der Waals surface area contributed by atoms with Gasteiger partial charge in [-0.25, -0.2) is 8.42 Å². The van der Waals surface area contributed by atoms with Crippen LogP contribution >= 0.6 is 0 Å². The molecule has 2 atom stereocenters. The average Bonchev–Trinajstić information content (AvgIpc) is 2.58. The van der Waals surface area contributed by atoms with Crippen molar-refractivity contribution in [2.75, 3.05) is 13.1 Å². The minimum Gasteiger partial charge on any atom is -0.383 e. The van der Waals surface area contributed by atoms with E-state index < -0.39 is 21.7 Å². The Balaban J connectivity index is 1.86. The molecule has 3 rings (SSSR count). The largest absolute Gasteiger partial charge is 0.383 e. The number of nitrogens with two attached hydrogens (primary N) is 1. The number of nitrogens with zero attached hydrogens (tertiary/aromatic N) is 1. The molecule has 134 valence electrons. The van der Waals surface area contributed by atoms with Gasteiger partial charge in [0.25, 0.3) is 0 Å². The van der Waals surface area contributed by atoms with Crippen molar-refractivity contribution >= 4 is 10.0 Å². The first-order valence-electron chi connectivity index (χ1n) is 8.36. The predicted octanol–water partition coefficient (Wildman–Crippen LogP) is 1.91. The SMILES string of the molecule is Cc1ccc(S(=O)(=O)N2CC[C@@](O)(c3ccccc3C)[C@@H](N)C2)cc1. The molecular weight excluding hydrogens is 336 g/mol. The number of aliphatic hydroxyl groups is 1. The Labute approximate surface area is 149 Å². The lowest BCUT2D eigenvalue weighted by Gasteiger charge is -2.43. The lowest BCUT2D eigenvalue weighted by atomic mass is 9.79. The molecule has 0 amide bonds. The molecule has 0 spiro atoms. The van der Waals surface area contributed by atoms with Gasteiger partial charge in [-0.3, -0.25) is 0 Å². The number of sulfonamides is 1. The molecule has 25 heavy (non-hydrogen) atoms. The number of benzene rings is 2. The zero-order chi connectivity index (χ0) is 18.2. The first kappa shape index (κ1) is 18.1. The Morgan fingerprint density at radius 3 is 2.36 bits per heavy atom. The van der Waals surface area contributed by atoms with Gasteiger partial charge < -0.3 is 10.8 Å². The summed E-state index contributed by atoms with van der Waals surface area (Å²) in [7, 11) is -3.61. The molecule has 0 unspecified atom stereocenters. The normalized spacial score (nSPS) is 25.0. The highest BCUT2D eigenvalue weighted by atomic mass is 32.2. The van der Waals surface area contributed by atoms with E-state index >= 15 is 0 Å². The molecule has 0 radical (unpaired) electrons. The molecule has 3 N–H and O–H groups in total. The fourth-order valence-corrected chi connectivity index (χ4v) is 4.88. The van der Waals surface area contributed by atoms with Crippen LogP contribution < -0.4 is 5.73 Å². The Morgan fingerprint density at radius 2 is 1.76 bits per heavy atom. The van der Waals surface area contributed by atoms with Gasteiger partial charge in [0.05, 0.1) is 10.9 Å². The van der Waals surface area contributed by atoms with Gasteiger partial charge in [-0.2, -0.15) is 4.31 Å². The highest BCUT2D eigenvalue weighted by Crippen LogP contribution is 2.35. The van der Waals surface area contributed by atoms with Crippen LogP contribution in [0.2, 0.25) is 0 Å². The minimum atomic E-state index is -3.61. The van der Waals surface area contributed by atoms with Gasteiger partial charge in [0.1, 0.15) is 5.60 Å². The molecule has 0 aliphatic carbocycles. The number of hydrogen-bond donors (Lipinski definition) is 2. The summed E-state index contributed by atoms with van der Waals surface area (Å²) in [6, 6.07) is 13.6. The summed E-state index contributed by atoms with van der Waals surface area (Å²) >= 11 is 0. The highest BCUT2D eigenvalue weighted by Gasteiger charge is 2.44. The monoisotopic (exact) mass is 360 g/mol. The summed E-state index contributed by atoms with van der Waals surface area (Å²) in [4.78, 5) is 0.256. The highest BCUT2D eigenvalue weighted by molar-refractivity contribution is 7.89. The zero-order valence-electron chi connectivity index (χ0n) is 14.5. The molecule has 1 heterocycles. The fraction of sp³-hybridized carbons (Fsp3) is 0.368. The summed E-state index contributed by atoms with van der Waals surface area (Å²) in [5.41, 5.74) is 7.76. The second-order valence-corrected chi connectivity index (χ2v) is 8.71. The Morgan fingerprint density at radius 1 is 1.12 bits per heavy atom. The second-order valence-electron chi connectivity index (χ2n) is 6.77. The van der Waals surface area contributed by atoms with Crippen LogP contribution in [0.25, 0.3) is 0 Å². The van der Waals surface area contributed by atoms with E-state index in [4.69, 9.17) is 5.73 Å². The van der Waals surface area contributed by atoms with Gasteiger partial charge in [-0.15, -0.1) is 0 Å². The average molecular weight is 360 g/mol. The standard InChI is InChI=1S/C19H24N2O3S/c1-14-7-9-16(10-8-14)25(23,24)21-12-11-19(22,18(20)13-21)17-6-4-3-5-15(17)2/h3-10,18,22H,11-13,20H2,1-2H3/t18-,19+/m0/s1. The van der Waals surface area contributed by atoms with Crippen molar-refractivity contribution in [2.45, 2.75) is 36.8 Å². The van der Waals surface area contributed by atoms with E-state index in [0.717, 1.165) is 16.7 Å². The maximum absolute atomic E-state index is 12.8. The van der Waals surface area contributed by atoms with E-state index in [1.165, 1.54) is 4.31 Å². The molecule has 1 saturated heterocycles. The molecule has 0 aromatic heterocycles. The van der Waals surface area contributed by atoms with Gasteiger partial charge in [-0.1, -0.05) is 42.0 Å². The Kier molecular flexibility index (Phi) is 4.72. The van der Waals surface area contributed by atoms with E-state index in [0.29, 0.717) is 0 Å². The van der Waals surface area contributed by atoms with Crippen molar-refractivity contribution in [1.82, 2.24) is 4.31 Å². The van der Waals surface area contributed by atoms with Crippen molar-refractivity contribution in [1.29, 1.82) is 0 Å². The van der Waals surface area contributed by atoms with Crippen LogP contribution in [-0.2, 0) is 15.6 Å². The van der Waals surface area contributed by atoms with Crippen molar-refractivity contribution < 1.29 is 13.5 Å². The van der Waals surface area contributed by atoms with Crippen LogP contribution in [-0.4, -0.2) is 37.0 Å². The molecule has 1 aliphatic heterocycles. The number of rotatable bonds is 3. The van der Waals surface area contributed by atoms with Crippen molar-refractivity contribution in [3.05, 3.63) is 65.2 Å². The van der Waals surface area contributed by atoms with Crippen molar-refractivity contribution in [2.24, 2.45) is 5.73 Å². The van der Waals surface area contributed by atoms with Crippen LogP contribution in [0.3, 0.4) is 0 Å². The molecule has 1 fully saturated rings. The second kappa shape index (κ2) is 6.53. The van der Waals surface area contributed by atoms with E-state index in [2.05, 4.69) is 0 Å². The van der Waals surface area contributed by atoms with Crippen LogP contribution in [0.15, 0.2) is 53.4 Å². The molecule has 1 aliphatic rings. The number of aryl methyl sites for hydroxylation is 2. The topological polar surface area (TPSA) is 83.6 Å². The van der Waals surface area contributed by atoms with Crippen LogP contribution in [0.4, 0.5) is 0 Å². The quantitative estimate of drug-likeness (QED) is 0.876. The lowest BCUT2D eigenvalue weighted by Crippen LogP contribution is -2.59. The fourth-order valence-electron chi connectivity index (χ4n) is 3.41. The summed E-state index contributed by atoms with van der Waals surface area (Å²) in [6.07, 6.45) is 0.268. The number of piperidine rings is 1. The molecule has 2 aromatic rings. The zero-order valence-corrected chi connectivity index (χ0v) is 15.3. The number of hydrogen-bond acceptors (Lipinski definition) is 4. The van der Waals surface area contributed by atoms with Gasteiger partial charge in [0.15, 0.2) is 0 Å². The first-order chi connectivity index (χ1) is 11.7. The van der Waals surface area contributed by atoms with Gasteiger partial charge in [0.2, 0.25) is 10.0 Å². The summed E-state index contributed by atoms with van der Waals surface area (Å²) < 4.78 is 27.1. The van der Waals surface area contributed by atoms with Crippen molar-refractivity contribution in [3.63, 3.8) is 0 Å². The lowest BCUT2D eigenvalue weighted by molar-refractivity contribution is -0.0285. The van der Waals surface area contributed by atoms with E-state index in [9.17, 15) is 13.5 Å². The summed E-state index contributed by atoms with van der Waals surface area (Å²) in [6.45, 7) is 4.15. The molecule has 6 heteroatoms.